The van der Waals surface area contributed by atoms with Crippen LogP contribution >= 0.6 is 0 Å². The van der Waals surface area contributed by atoms with Gasteiger partial charge in [0.1, 0.15) is 5.65 Å². The number of rotatable bonds is 3. The van der Waals surface area contributed by atoms with Crippen LogP contribution < -0.4 is 11.1 Å². The highest BCUT2D eigenvalue weighted by Crippen LogP contribution is 2.23. The number of aryl methyl sites for hydroxylation is 1. The molecule has 3 atom stereocenters. The van der Waals surface area contributed by atoms with Crippen LogP contribution in [0.4, 0.5) is 0 Å². The Kier molecular flexibility index (Phi) is 4.13. The summed E-state index contributed by atoms with van der Waals surface area (Å²) in [6.07, 6.45) is 5.08. The number of hydrogen-bond acceptors (Lipinski definition) is 4. The summed E-state index contributed by atoms with van der Waals surface area (Å²) in [7, 11) is 0. The molecule has 1 aliphatic rings. The van der Waals surface area contributed by atoms with Crippen LogP contribution in [0.3, 0.4) is 0 Å². The Morgan fingerprint density at radius 1 is 1.55 bits per heavy atom. The third-order valence-electron chi connectivity index (χ3n) is 4.48. The highest BCUT2D eigenvalue weighted by molar-refractivity contribution is 5.78. The van der Waals surface area contributed by atoms with Crippen molar-refractivity contribution in [3.63, 3.8) is 0 Å². The molecule has 3 rings (SSSR count). The molecule has 0 radical (unpaired) electrons. The Morgan fingerprint density at radius 2 is 2.36 bits per heavy atom. The van der Waals surface area contributed by atoms with Gasteiger partial charge >= 0.3 is 0 Å². The lowest BCUT2D eigenvalue weighted by molar-refractivity contribution is -0.127. The van der Waals surface area contributed by atoms with Gasteiger partial charge in [-0.3, -0.25) is 4.79 Å². The van der Waals surface area contributed by atoms with E-state index in [1.165, 1.54) is 0 Å². The third kappa shape index (κ3) is 2.84. The van der Waals surface area contributed by atoms with Crippen LogP contribution in [0.15, 0.2) is 24.5 Å². The Labute approximate surface area is 129 Å². The van der Waals surface area contributed by atoms with Gasteiger partial charge in [0.05, 0.1) is 24.5 Å². The first-order chi connectivity index (χ1) is 10.6. The fourth-order valence-electron chi connectivity index (χ4n) is 3.08. The van der Waals surface area contributed by atoms with Crippen molar-refractivity contribution in [3.05, 3.63) is 35.8 Å². The molecule has 0 aromatic carbocycles. The van der Waals surface area contributed by atoms with Crippen molar-refractivity contribution in [1.29, 1.82) is 0 Å². The molecule has 1 amide bonds. The SMILES string of the molecule is Cc1cccn2c(CNC(=O)[C@H]3CC[C@@H](O)[C@H](N)C3)cnc12. The van der Waals surface area contributed by atoms with Crippen LogP contribution in [0.2, 0.25) is 0 Å². The number of aromatic nitrogens is 2. The second kappa shape index (κ2) is 6.06. The maximum atomic E-state index is 12.3. The molecule has 2 aromatic heterocycles. The number of carbonyl (C=O) groups excluding carboxylic acids is 1. The van der Waals surface area contributed by atoms with Crippen molar-refractivity contribution in [3.8, 4) is 0 Å². The fourth-order valence-corrected chi connectivity index (χ4v) is 3.08. The minimum Gasteiger partial charge on any atom is -0.392 e. The van der Waals surface area contributed by atoms with E-state index in [1.807, 2.05) is 29.7 Å². The molecular formula is C16H22N4O2. The van der Waals surface area contributed by atoms with E-state index < -0.39 is 6.10 Å². The van der Waals surface area contributed by atoms with Crippen molar-refractivity contribution in [2.24, 2.45) is 11.7 Å². The molecule has 1 aliphatic carbocycles. The van der Waals surface area contributed by atoms with E-state index in [-0.39, 0.29) is 17.9 Å². The minimum absolute atomic E-state index is 0.00459. The standard InChI is InChI=1S/C16H22N4O2/c1-10-3-2-6-20-12(8-18-15(10)20)9-19-16(22)11-4-5-14(21)13(17)7-11/h2-3,6,8,11,13-14,21H,4-5,7,9,17H2,1H3,(H,19,22)/t11-,13+,14+/m0/s1. The van der Waals surface area contributed by atoms with Crippen LogP contribution in [0, 0.1) is 12.8 Å². The average Bonchev–Trinajstić information content (AvgIpc) is 2.92. The number of pyridine rings is 1. The van der Waals surface area contributed by atoms with E-state index in [0.717, 1.165) is 16.9 Å². The number of aliphatic hydroxyl groups is 1. The molecule has 1 saturated carbocycles. The number of nitrogens with one attached hydrogen (secondary N) is 1. The first-order valence-corrected chi connectivity index (χ1v) is 7.69. The van der Waals surface area contributed by atoms with E-state index in [2.05, 4.69) is 10.3 Å². The minimum atomic E-state index is -0.481. The third-order valence-corrected chi connectivity index (χ3v) is 4.48. The quantitative estimate of drug-likeness (QED) is 0.780. The summed E-state index contributed by atoms with van der Waals surface area (Å²) in [6.45, 7) is 2.46. The number of nitrogens with two attached hydrogens (primary N) is 1. The normalized spacial score (nSPS) is 25.3. The number of carbonyl (C=O) groups is 1. The zero-order valence-corrected chi connectivity index (χ0v) is 12.7. The summed E-state index contributed by atoms with van der Waals surface area (Å²) < 4.78 is 1.99. The molecule has 118 valence electrons. The van der Waals surface area contributed by atoms with Gasteiger partial charge in [0.2, 0.25) is 5.91 Å². The maximum absolute atomic E-state index is 12.3. The molecule has 2 heterocycles. The number of nitrogens with zero attached hydrogens (tertiary/aromatic N) is 2. The first kappa shape index (κ1) is 15.0. The molecular weight excluding hydrogens is 280 g/mol. The van der Waals surface area contributed by atoms with Gasteiger partial charge in [0, 0.05) is 18.2 Å². The van der Waals surface area contributed by atoms with Crippen molar-refractivity contribution in [1.82, 2.24) is 14.7 Å². The van der Waals surface area contributed by atoms with Gasteiger partial charge in [-0.05, 0) is 37.8 Å². The maximum Gasteiger partial charge on any atom is 0.223 e. The lowest BCUT2D eigenvalue weighted by atomic mass is 9.84. The van der Waals surface area contributed by atoms with E-state index in [1.54, 1.807) is 6.20 Å². The zero-order valence-electron chi connectivity index (χ0n) is 12.7. The van der Waals surface area contributed by atoms with Crippen LogP contribution in [0.5, 0.6) is 0 Å². The van der Waals surface area contributed by atoms with Crippen molar-refractivity contribution in [2.75, 3.05) is 0 Å². The predicted molar refractivity (Wildman–Crippen MR) is 83.1 cm³/mol. The molecule has 0 saturated heterocycles. The predicted octanol–water partition coefficient (Wildman–Crippen LogP) is 0.747. The van der Waals surface area contributed by atoms with Crippen LogP contribution in [-0.2, 0) is 11.3 Å². The monoisotopic (exact) mass is 302 g/mol. The molecule has 0 bridgehead atoms. The summed E-state index contributed by atoms with van der Waals surface area (Å²) in [6, 6.07) is 3.68. The lowest BCUT2D eigenvalue weighted by Gasteiger charge is -2.29. The van der Waals surface area contributed by atoms with E-state index in [4.69, 9.17) is 5.73 Å². The largest absolute Gasteiger partial charge is 0.392 e. The number of imidazole rings is 1. The van der Waals surface area contributed by atoms with Crippen LogP contribution in [0.1, 0.15) is 30.5 Å². The van der Waals surface area contributed by atoms with Gasteiger partial charge in [-0.15, -0.1) is 0 Å². The highest BCUT2D eigenvalue weighted by Gasteiger charge is 2.30. The Morgan fingerprint density at radius 3 is 3.14 bits per heavy atom. The van der Waals surface area contributed by atoms with E-state index in [0.29, 0.717) is 25.8 Å². The fraction of sp³-hybridized carbons (Fsp3) is 0.500. The molecule has 6 nitrogen and oxygen atoms in total. The van der Waals surface area contributed by atoms with E-state index in [9.17, 15) is 9.90 Å². The Hall–Kier alpha value is -1.92. The van der Waals surface area contributed by atoms with Gasteiger partial charge in [-0.25, -0.2) is 4.98 Å². The average molecular weight is 302 g/mol. The number of amides is 1. The Bertz CT molecular complexity index is 682. The lowest BCUT2D eigenvalue weighted by Crippen LogP contribution is -2.44. The second-order valence-electron chi connectivity index (χ2n) is 6.09. The zero-order chi connectivity index (χ0) is 15.7. The molecule has 1 fully saturated rings. The molecule has 0 aliphatic heterocycles. The molecule has 2 aromatic rings. The van der Waals surface area contributed by atoms with Gasteiger partial charge in [0.25, 0.3) is 0 Å². The summed E-state index contributed by atoms with van der Waals surface area (Å²) in [5.74, 6) is -0.107. The molecule has 4 N–H and O–H groups in total. The summed E-state index contributed by atoms with van der Waals surface area (Å²) >= 11 is 0. The number of hydrogen-bond donors (Lipinski definition) is 3. The molecule has 6 heteroatoms. The van der Waals surface area contributed by atoms with Crippen LogP contribution in [0.25, 0.3) is 5.65 Å². The molecule has 0 spiro atoms. The smallest absolute Gasteiger partial charge is 0.223 e. The second-order valence-corrected chi connectivity index (χ2v) is 6.09. The van der Waals surface area contributed by atoms with Gasteiger partial charge in [-0.2, -0.15) is 0 Å². The summed E-state index contributed by atoms with van der Waals surface area (Å²) in [4.78, 5) is 16.7. The van der Waals surface area contributed by atoms with Crippen molar-refractivity contribution >= 4 is 11.6 Å². The van der Waals surface area contributed by atoms with Gasteiger partial charge < -0.3 is 20.6 Å². The van der Waals surface area contributed by atoms with Gasteiger partial charge in [0.15, 0.2) is 0 Å². The van der Waals surface area contributed by atoms with Gasteiger partial charge in [-0.1, -0.05) is 6.07 Å². The number of aliphatic hydroxyl groups excluding tert-OH is 1. The first-order valence-electron chi connectivity index (χ1n) is 7.69. The topological polar surface area (TPSA) is 92.6 Å². The van der Waals surface area contributed by atoms with Crippen molar-refractivity contribution < 1.29 is 9.90 Å². The molecule has 22 heavy (non-hydrogen) atoms. The summed E-state index contributed by atoms with van der Waals surface area (Å²) in [5, 5.41) is 12.6. The highest BCUT2D eigenvalue weighted by atomic mass is 16.3. The summed E-state index contributed by atoms with van der Waals surface area (Å²) in [5.41, 5.74) is 8.81. The van der Waals surface area contributed by atoms with E-state index >= 15 is 0 Å². The Balaban J connectivity index is 1.64. The van der Waals surface area contributed by atoms with Crippen molar-refractivity contribution in [2.45, 2.75) is 44.9 Å². The van der Waals surface area contributed by atoms with Crippen LogP contribution in [-0.4, -0.2) is 32.5 Å². The molecule has 0 unspecified atom stereocenters. The number of fused-ring (bicyclic) bond motifs is 1.